The summed E-state index contributed by atoms with van der Waals surface area (Å²) in [4.78, 5) is 2.55. The number of hydrogen-bond donors (Lipinski definition) is 1. The van der Waals surface area contributed by atoms with Crippen LogP contribution in [0.5, 0.6) is 0 Å². The highest BCUT2D eigenvalue weighted by atomic mass is 32.2. The Bertz CT molecular complexity index is 753. The number of rotatable bonds is 4. The number of piperidine rings is 1. The Hall–Kier alpha value is -1.45. The first-order valence-electron chi connectivity index (χ1n) is 9.86. The summed E-state index contributed by atoms with van der Waals surface area (Å²) >= 11 is 2.03. The third-order valence-electron chi connectivity index (χ3n) is 5.89. The standard InChI is InChI=1S/C23H30N2S/c1-16(2)14-25-9-6-18(7-10-25)12-19-4-5-23-21(13-19)20-8-11-26-15-22(20)17(3)24-23/h4-5,13,18,24H,1,3,6-12,14-15H2,2H3. The smallest absolute Gasteiger partial charge is 0.0460 e. The third-order valence-corrected chi connectivity index (χ3v) is 6.88. The molecule has 3 heterocycles. The van der Waals surface area contributed by atoms with Gasteiger partial charge in [-0.15, -0.1) is 0 Å². The fraction of sp³-hybridized carbons (Fsp3) is 0.478. The summed E-state index contributed by atoms with van der Waals surface area (Å²) in [5.41, 5.74) is 9.56. The zero-order chi connectivity index (χ0) is 18.1. The van der Waals surface area contributed by atoms with Gasteiger partial charge in [-0.3, -0.25) is 4.90 Å². The highest BCUT2D eigenvalue weighted by Gasteiger charge is 2.25. The average molecular weight is 367 g/mol. The van der Waals surface area contributed by atoms with Crippen LogP contribution >= 0.6 is 11.8 Å². The summed E-state index contributed by atoms with van der Waals surface area (Å²) < 4.78 is 0. The van der Waals surface area contributed by atoms with Crippen molar-refractivity contribution < 1.29 is 0 Å². The van der Waals surface area contributed by atoms with Crippen molar-refractivity contribution in [3.8, 4) is 0 Å². The predicted molar refractivity (Wildman–Crippen MR) is 116 cm³/mol. The van der Waals surface area contributed by atoms with Crippen LogP contribution in [0.1, 0.15) is 37.3 Å². The van der Waals surface area contributed by atoms with Crippen molar-refractivity contribution >= 4 is 23.0 Å². The van der Waals surface area contributed by atoms with E-state index in [0.29, 0.717) is 0 Å². The van der Waals surface area contributed by atoms with Crippen LogP contribution < -0.4 is 5.32 Å². The molecule has 1 fully saturated rings. The number of hydrogen-bond acceptors (Lipinski definition) is 3. The summed E-state index contributed by atoms with van der Waals surface area (Å²) in [6, 6.07) is 7.06. The number of allylic oxidation sites excluding steroid dienone is 2. The van der Waals surface area contributed by atoms with E-state index in [1.54, 1.807) is 5.57 Å². The van der Waals surface area contributed by atoms with Gasteiger partial charge in [-0.25, -0.2) is 0 Å². The Morgan fingerprint density at radius 2 is 2.08 bits per heavy atom. The lowest BCUT2D eigenvalue weighted by Gasteiger charge is -2.33. The molecule has 3 aliphatic heterocycles. The molecule has 3 aliphatic rings. The maximum absolute atomic E-state index is 4.25. The van der Waals surface area contributed by atoms with Crippen LogP contribution in [0.3, 0.4) is 0 Å². The van der Waals surface area contributed by atoms with Gasteiger partial charge in [0, 0.05) is 29.2 Å². The molecule has 0 spiro atoms. The predicted octanol–water partition coefficient (Wildman–Crippen LogP) is 5.35. The fourth-order valence-electron chi connectivity index (χ4n) is 4.53. The Morgan fingerprint density at radius 1 is 1.27 bits per heavy atom. The second kappa shape index (κ2) is 7.66. The molecule has 0 bridgehead atoms. The van der Waals surface area contributed by atoms with Crippen LogP contribution in [-0.2, 0) is 6.42 Å². The lowest BCUT2D eigenvalue weighted by Crippen LogP contribution is -2.35. The molecule has 0 unspecified atom stereocenters. The van der Waals surface area contributed by atoms with Crippen LogP contribution in [0.2, 0.25) is 0 Å². The first-order chi connectivity index (χ1) is 12.6. The highest BCUT2D eigenvalue weighted by molar-refractivity contribution is 7.99. The molecule has 0 radical (unpaired) electrons. The SMILES string of the molecule is C=C(C)CN1CCC(Cc2ccc3c(c2)C2=C(CSCC2)C(=C)N3)CC1. The van der Waals surface area contributed by atoms with Crippen LogP contribution in [0, 0.1) is 5.92 Å². The quantitative estimate of drug-likeness (QED) is 0.724. The summed E-state index contributed by atoms with van der Waals surface area (Å²) in [7, 11) is 0. The first-order valence-corrected chi connectivity index (χ1v) is 11.0. The summed E-state index contributed by atoms with van der Waals surface area (Å²) in [6.07, 6.45) is 5.01. The van der Waals surface area contributed by atoms with Gasteiger partial charge in [0.15, 0.2) is 0 Å². The largest absolute Gasteiger partial charge is 0.355 e. The number of thioether (sulfide) groups is 1. The van der Waals surface area contributed by atoms with Gasteiger partial charge in [-0.2, -0.15) is 11.8 Å². The molecule has 2 nitrogen and oxygen atoms in total. The lowest BCUT2D eigenvalue weighted by atomic mass is 9.86. The molecule has 4 rings (SSSR count). The van der Waals surface area contributed by atoms with Crippen molar-refractivity contribution in [2.75, 3.05) is 36.5 Å². The van der Waals surface area contributed by atoms with Crippen LogP contribution in [-0.4, -0.2) is 36.0 Å². The van der Waals surface area contributed by atoms with Crippen LogP contribution in [0.25, 0.3) is 5.57 Å². The average Bonchev–Trinajstić information content (AvgIpc) is 2.64. The Labute approximate surface area is 162 Å². The number of anilines is 1. The maximum Gasteiger partial charge on any atom is 0.0460 e. The minimum atomic E-state index is 0.816. The van der Waals surface area contributed by atoms with E-state index < -0.39 is 0 Å². The topological polar surface area (TPSA) is 15.3 Å². The monoisotopic (exact) mass is 366 g/mol. The number of benzene rings is 1. The fourth-order valence-corrected chi connectivity index (χ4v) is 5.58. The van der Waals surface area contributed by atoms with E-state index in [9.17, 15) is 0 Å². The van der Waals surface area contributed by atoms with Crippen LogP contribution in [0.4, 0.5) is 5.69 Å². The molecule has 1 aromatic rings. The molecular weight excluding hydrogens is 336 g/mol. The molecule has 1 saturated heterocycles. The number of nitrogens with one attached hydrogen (secondary N) is 1. The van der Waals surface area contributed by atoms with E-state index in [0.717, 1.165) is 23.9 Å². The Morgan fingerprint density at radius 3 is 2.85 bits per heavy atom. The van der Waals surface area contributed by atoms with Gasteiger partial charge in [-0.05, 0) is 86.2 Å². The maximum atomic E-state index is 4.25. The molecule has 0 aromatic heterocycles. The van der Waals surface area contributed by atoms with Crippen molar-refractivity contribution in [2.45, 2.75) is 32.6 Å². The Balaban J connectivity index is 1.47. The zero-order valence-electron chi connectivity index (χ0n) is 15.9. The van der Waals surface area contributed by atoms with Gasteiger partial charge in [-0.1, -0.05) is 24.8 Å². The zero-order valence-corrected chi connectivity index (χ0v) is 16.8. The van der Waals surface area contributed by atoms with Crippen molar-refractivity contribution in [2.24, 2.45) is 5.92 Å². The number of fused-ring (bicyclic) bond motifs is 2. The van der Waals surface area contributed by atoms with E-state index >= 15 is 0 Å². The highest BCUT2D eigenvalue weighted by Crippen LogP contribution is 2.42. The second-order valence-electron chi connectivity index (χ2n) is 8.12. The van der Waals surface area contributed by atoms with Gasteiger partial charge < -0.3 is 5.32 Å². The van der Waals surface area contributed by atoms with E-state index in [4.69, 9.17) is 0 Å². The van der Waals surface area contributed by atoms with E-state index in [1.807, 2.05) is 11.8 Å². The van der Waals surface area contributed by atoms with E-state index in [2.05, 4.69) is 48.5 Å². The minimum Gasteiger partial charge on any atom is -0.355 e. The van der Waals surface area contributed by atoms with Gasteiger partial charge in [0.25, 0.3) is 0 Å². The van der Waals surface area contributed by atoms with Crippen molar-refractivity contribution in [1.29, 1.82) is 0 Å². The molecule has 0 aliphatic carbocycles. The molecule has 3 heteroatoms. The molecule has 138 valence electrons. The third kappa shape index (κ3) is 3.79. The lowest BCUT2D eigenvalue weighted by molar-refractivity contribution is 0.197. The number of likely N-dealkylation sites (tertiary alicyclic amines) is 1. The van der Waals surface area contributed by atoms with Gasteiger partial charge in [0.05, 0.1) is 0 Å². The van der Waals surface area contributed by atoms with Gasteiger partial charge in [0.2, 0.25) is 0 Å². The van der Waals surface area contributed by atoms with Crippen LogP contribution in [0.15, 0.2) is 48.2 Å². The summed E-state index contributed by atoms with van der Waals surface area (Å²) in [6.45, 7) is 13.9. The van der Waals surface area contributed by atoms with E-state index in [-0.39, 0.29) is 0 Å². The molecule has 1 N–H and O–H groups in total. The molecule has 1 aromatic carbocycles. The normalized spacial score (nSPS) is 21.2. The Kier molecular flexibility index (Phi) is 5.28. The molecule has 0 amide bonds. The summed E-state index contributed by atoms with van der Waals surface area (Å²) in [5, 5.41) is 3.53. The second-order valence-corrected chi connectivity index (χ2v) is 9.23. The van der Waals surface area contributed by atoms with E-state index in [1.165, 1.54) is 72.5 Å². The van der Waals surface area contributed by atoms with Crippen molar-refractivity contribution in [3.05, 3.63) is 59.3 Å². The van der Waals surface area contributed by atoms with Gasteiger partial charge >= 0.3 is 0 Å². The first kappa shape index (κ1) is 17.9. The van der Waals surface area contributed by atoms with Crippen molar-refractivity contribution in [1.82, 2.24) is 4.90 Å². The molecule has 0 atom stereocenters. The van der Waals surface area contributed by atoms with Gasteiger partial charge in [0.1, 0.15) is 0 Å². The minimum absolute atomic E-state index is 0.816. The van der Waals surface area contributed by atoms with Crippen molar-refractivity contribution in [3.63, 3.8) is 0 Å². The molecule has 0 saturated carbocycles. The number of nitrogens with zero attached hydrogens (tertiary/aromatic N) is 1. The summed E-state index contributed by atoms with van der Waals surface area (Å²) in [5.74, 6) is 3.15. The molecule has 26 heavy (non-hydrogen) atoms. The molecular formula is C23H30N2S.